The standard InChI is InChI=1S/C30H33N3/c1-20-15-16-33-25(17-20)31-27(28(33)32-30(5,6)19-29(2,3)4)26-23-13-9-7-11-21(23)18-22-12-8-10-14-24(22)26/h7-18,32H,19H2,1-6H3. The molecule has 0 aliphatic carbocycles. The molecule has 0 saturated carbocycles. The van der Waals surface area contributed by atoms with Crippen LogP contribution in [0, 0.1) is 12.3 Å². The molecule has 0 fully saturated rings. The maximum atomic E-state index is 5.23. The van der Waals surface area contributed by atoms with E-state index >= 15 is 0 Å². The second kappa shape index (κ2) is 7.62. The quantitative estimate of drug-likeness (QED) is 0.288. The van der Waals surface area contributed by atoms with Crippen molar-refractivity contribution in [3.63, 3.8) is 0 Å². The van der Waals surface area contributed by atoms with Crippen LogP contribution >= 0.6 is 0 Å². The first-order valence-electron chi connectivity index (χ1n) is 11.8. The van der Waals surface area contributed by atoms with Crippen LogP contribution in [0.15, 0.2) is 72.9 Å². The van der Waals surface area contributed by atoms with Gasteiger partial charge in [0.05, 0.1) is 0 Å². The van der Waals surface area contributed by atoms with Gasteiger partial charge in [-0.05, 0) is 77.9 Å². The van der Waals surface area contributed by atoms with Gasteiger partial charge in [-0.1, -0.05) is 69.3 Å². The summed E-state index contributed by atoms with van der Waals surface area (Å²) in [6, 6.07) is 23.9. The van der Waals surface area contributed by atoms with Crippen LogP contribution in [-0.2, 0) is 0 Å². The molecule has 5 rings (SSSR count). The van der Waals surface area contributed by atoms with Gasteiger partial charge in [0.1, 0.15) is 17.2 Å². The Hall–Kier alpha value is -3.33. The number of nitrogens with zero attached hydrogens (tertiary/aromatic N) is 2. The molecule has 0 amide bonds. The number of aryl methyl sites for hydroxylation is 1. The highest BCUT2D eigenvalue weighted by atomic mass is 15.2. The summed E-state index contributed by atoms with van der Waals surface area (Å²) in [5.41, 5.74) is 4.49. The molecule has 0 spiro atoms. The lowest BCUT2D eigenvalue weighted by molar-refractivity contribution is 0.302. The molecule has 0 aliphatic rings. The third-order valence-corrected chi connectivity index (χ3v) is 6.22. The van der Waals surface area contributed by atoms with Gasteiger partial charge in [-0.3, -0.25) is 4.40 Å². The van der Waals surface area contributed by atoms with Crippen LogP contribution in [0.2, 0.25) is 0 Å². The molecule has 0 saturated heterocycles. The Morgan fingerprint density at radius 1 is 0.818 bits per heavy atom. The molecule has 2 aromatic heterocycles. The fraction of sp³-hybridized carbons (Fsp3) is 0.300. The predicted molar refractivity (Wildman–Crippen MR) is 142 cm³/mol. The molecule has 3 aromatic carbocycles. The first-order chi connectivity index (χ1) is 15.6. The average molecular weight is 436 g/mol. The second-order valence-electron chi connectivity index (χ2n) is 11.2. The normalized spacial score (nSPS) is 12.7. The van der Waals surface area contributed by atoms with Gasteiger partial charge in [0, 0.05) is 17.3 Å². The Morgan fingerprint density at radius 3 is 2.03 bits per heavy atom. The molecule has 3 heteroatoms. The van der Waals surface area contributed by atoms with Gasteiger partial charge in [0.15, 0.2) is 0 Å². The zero-order valence-electron chi connectivity index (χ0n) is 20.5. The monoisotopic (exact) mass is 435 g/mol. The summed E-state index contributed by atoms with van der Waals surface area (Å²) in [6.45, 7) is 13.6. The fourth-order valence-electron chi connectivity index (χ4n) is 5.40. The Morgan fingerprint density at radius 2 is 1.42 bits per heavy atom. The molecule has 0 aliphatic heterocycles. The minimum absolute atomic E-state index is 0.103. The van der Waals surface area contributed by atoms with E-state index < -0.39 is 0 Å². The molecular weight excluding hydrogens is 402 g/mol. The summed E-state index contributed by atoms with van der Waals surface area (Å²) in [7, 11) is 0. The number of imidazole rings is 1. The maximum Gasteiger partial charge on any atom is 0.139 e. The highest BCUT2D eigenvalue weighted by molar-refractivity contribution is 6.13. The lowest BCUT2D eigenvalue weighted by Crippen LogP contribution is -2.36. The van der Waals surface area contributed by atoms with Crippen LogP contribution in [0.4, 0.5) is 5.82 Å². The van der Waals surface area contributed by atoms with E-state index in [9.17, 15) is 0 Å². The van der Waals surface area contributed by atoms with Gasteiger partial charge in [0.2, 0.25) is 0 Å². The molecule has 168 valence electrons. The largest absolute Gasteiger partial charge is 0.364 e. The minimum atomic E-state index is -0.103. The van der Waals surface area contributed by atoms with Crippen molar-refractivity contribution < 1.29 is 0 Å². The van der Waals surface area contributed by atoms with Crippen molar-refractivity contribution in [3.8, 4) is 11.3 Å². The highest BCUT2D eigenvalue weighted by Gasteiger charge is 2.29. The number of hydrogen-bond donors (Lipinski definition) is 1. The average Bonchev–Trinajstić information content (AvgIpc) is 3.06. The summed E-state index contributed by atoms with van der Waals surface area (Å²) < 4.78 is 2.21. The molecular formula is C30H33N3. The van der Waals surface area contributed by atoms with Crippen molar-refractivity contribution in [2.75, 3.05) is 5.32 Å². The van der Waals surface area contributed by atoms with E-state index in [2.05, 4.69) is 124 Å². The van der Waals surface area contributed by atoms with E-state index in [-0.39, 0.29) is 11.0 Å². The number of benzene rings is 3. The summed E-state index contributed by atoms with van der Waals surface area (Å²) in [5, 5.41) is 8.84. The molecule has 3 nitrogen and oxygen atoms in total. The van der Waals surface area contributed by atoms with Gasteiger partial charge >= 0.3 is 0 Å². The summed E-state index contributed by atoms with van der Waals surface area (Å²) >= 11 is 0. The first kappa shape index (κ1) is 21.5. The lowest BCUT2D eigenvalue weighted by atomic mass is 9.81. The van der Waals surface area contributed by atoms with Crippen molar-refractivity contribution in [3.05, 3.63) is 78.5 Å². The number of fused-ring (bicyclic) bond motifs is 3. The number of rotatable bonds is 4. The zero-order valence-corrected chi connectivity index (χ0v) is 20.5. The molecule has 0 atom stereocenters. The van der Waals surface area contributed by atoms with Crippen molar-refractivity contribution in [1.29, 1.82) is 0 Å². The van der Waals surface area contributed by atoms with Gasteiger partial charge in [-0.25, -0.2) is 4.98 Å². The zero-order chi connectivity index (χ0) is 23.4. The predicted octanol–water partition coefficient (Wildman–Crippen LogP) is 8.24. The third-order valence-electron chi connectivity index (χ3n) is 6.22. The van der Waals surface area contributed by atoms with Crippen LogP contribution < -0.4 is 5.32 Å². The molecule has 0 unspecified atom stereocenters. The van der Waals surface area contributed by atoms with Gasteiger partial charge in [0.25, 0.3) is 0 Å². The molecule has 0 bridgehead atoms. The van der Waals surface area contributed by atoms with Gasteiger partial charge in [-0.15, -0.1) is 0 Å². The maximum absolute atomic E-state index is 5.23. The van der Waals surface area contributed by atoms with E-state index in [1.54, 1.807) is 0 Å². The Labute approximate surface area is 196 Å². The third kappa shape index (κ3) is 4.08. The van der Waals surface area contributed by atoms with E-state index in [0.29, 0.717) is 0 Å². The molecule has 1 N–H and O–H groups in total. The Kier molecular flexibility index (Phi) is 4.97. The summed E-state index contributed by atoms with van der Waals surface area (Å²) in [6.07, 6.45) is 3.18. The van der Waals surface area contributed by atoms with Gasteiger partial charge in [-0.2, -0.15) is 0 Å². The van der Waals surface area contributed by atoms with E-state index in [1.807, 2.05) is 0 Å². The number of pyridine rings is 1. The number of hydrogen-bond acceptors (Lipinski definition) is 2. The van der Waals surface area contributed by atoms with Crippen LogP contribution in [0.5, 0.6) is 0 Å². The number of nitrogens with one attached hydrogen (secondary N) is 1. The smallest absolute Gasteiger partial charge is 0.139 e. The van der Waals surface area contributed by atoms with Crippen molar-refractivity contribution in [2.45, 2.75) is 53.5 Å². The fourth-order valence-corrected chi connectivity index (χ4v) is 5.40. The topological polar surface area (TPSA) is 29.3 Å². The molecule has 0 radical (unpaired) electrons. The lowest BCUT2D eigenvalue weighted by Gasteiger charge is -2.34. The van der Waals surface area contributed by atoms with Crippen molar-refractivity contribution in [2.24, 2.45) is 5.41 Å². The number of aromatic nitrogens is 2. The Bertz CT molecular complexity index is 1430. The minimum Gasteiger partial charge on any atom is -0.364 e. The SMILES string of the molecule is Cc1ccn2c(NC(C)(C)CC(C)(C)C)c(-c3c4ccccc4cc4ccccc34)nc2c1. The van der Waals surface area contributed by atoms with Crippen LogP contribution in [-0.4, -0.2) is 14.9 Å². The molecule has 33 heavy (non-hydrogen) atoms. The molecule has 5 aromatic rings. The first-order valence-corrected chi connectivity index (χ1v) is 11.8. The second-order valence-corrected chi connectivity index (χ2v) is 11.2. The van der Waals surface area contributed by atoms with Gasteiger partial charge < -0.3 is 5.32 Å². The van der Waals surface area contributed by atoms with E-state index in [0.717, 1.165) is 23.6 Å². The highest BCUT2D eigenvalue weighted by Crippen LogP contribution is 2.41. The Balaban J connectivity index is 1.84. The van der Waals surface area contributed by atoms with Crippen LogP contribution in [0.1, 0.15) is 46.6 Å². The summed E-state index contributed by atoms with van der Waals surface area (Å²) in [5.74, 6) is 1.06. The van der Waals surface area contributed by atoms with Crippen LogP contribution in [0.3, 0.4) is 0 Å². The van der Waals surface area contributed by atoms with E-state index in [1.165, 1.54) is 32.7 Å². The van der Waals surface area contributed by atoms with Crippen molar-refractivity contribution in [1.82, 2.24) is 9.38 Å². The van der Waals surface area contributed by atoms with Crippen molar-refractivity contribution >= 4 is 33.0 Å². The van der Waals surface area contributed by atoms with Crippen LogP contribution in [0.25, 0.3) is 38.4 Å². The van der Waals surface area contributed by atoms with E-state index in [4.69, 9.17) is 4.98 Å². The summed E-state index contributed by atoms with van der Waals surface area (Å²) in [4.78, 5) is 5.23. The molecule has 2 heterocycles. The number of anilines is 1.